The van der Waals surface area contributed by atoms with E-state index in [1.54, 1.807) is 53.6 Å². The third-order valence-corrected chi connectivity index (χ3v) is 3.85. The molecule has 2 aromatic heterocycles. The number of carbonyl (C=O) groups is 2. The summed E-state index contributed by atoms with van der Waals surface area (Å²) in [5.41, 5.74) is 8.80. The molecule has 0 spiro atoms. The van der Waals surface area contributed by atoms with Crippen LogP contribution in [-0.4, -0.2) is 45.5 Å². The largest absolute Gasteiger partial charge is 0.397 e. The lowest BCUT2D eigenvalue weighted by Crippen LogP contribution is -2.27. The number of anilines is 2. The van der Waals surface area contributed by atoms with Crippen LogP contribution < -0.4 is 21.7 Å². The Morgan fingerprint density at radius 2 is 1.96 bits per heavy atom. The highest BCUT2D eigenvalue weighted by Crippen LogP contribution is 2.16. The molecule has 0 aliphatic heterocycles. The Bertz CT molecular complexity index is 968. The van der Waals surface area contributed by atoms with Gasteiger partial charge in [0.2, 0.25) is 0 Å². The number of hydrogen-bond donors (Lipinski definition) is 4. The molecule has 0 saturated heterocycles. The number of nitrogens with zero attached hydrogens (tertiary/aromatic N) is 4. The van der Waals surface area contributed by atoms with E-state index >= 15 is 0 Å². The number of pyridine rings is 1. The van der Waals surface area contributed by atoms with E-state index < -0.39 is 0 Å². The van der Waals surface area contributed by atoms with Crippen molar-refractivity contribution < 1.29 is 9.59 Å². The van der Waals surface area contributed by atoms with Gasteiger partial charge in [-0.15, -0.1) is 5.10 Å². The van der Waals surface area contributed by atoms with Crippen LogP contribution in [0.1, 0.15) is 10.4 Å². The van der Waals surface area contributed by atoms with Crippen molar-refractivity contribution in [2.75, 3.05) is 24.6 Å². The third-order valence-electron chi connectivity index (χ3n) is 3.85. The first kappa shape index (κ1) is 18.8. The number of hydrogen-bond acceptors (Lipinski definition) is 6. The lowest BCUT2D eigenvalue weighted by atomic mass is 10.2. The molecule has 2 heterocycles. The Balaban J connectivity index is 1.51. The number of amides is 3. The minimum atomic E-state index is -0.321. The van der Waals surface area contributed by atoms with Crippen LogP contribution in [0.5, 0.6) is 0 Å². The number of nitrogen functional groups attached to an aromatic ring is 1. The molecular formula is C18H20N8O2. The van der Waals surface area contributed by atoms with Crippen LogP contribution in [0.2, 0.25) is 0 Å². The topological polar surface area (TPSA) is 140 Å². The molecule has 0 aliphatic rings. The van der Waals surface area contributed by atoms with Gasteiger partial charge in [0.1, 0.15) is 5.69 Å². The maximum absolute atomic E-state index is 12.2. The van der Waals surface area contributed by atoms with Gasteiger partial charge in [-0.2, -0.15) is 0 Å². The molecule has 5 N–H and O–H groups in total. The highest BCUT2D eigenvalue weighted by molar-refractivity contribution is 5.95. The summed E-state index contributed by atoms with van der Waals surface area (Å²) in [6.07, 6.45) is 4.99. The Hall–Kier alpha value is -3.95. The summed E-state index contributed by atoms with van der Waals surface area (Å²) in [6.45, 7) is 0.847. The Labute approximate surface area is 161 Å². The van der Waals surface area contributed by atoms with E-state index in [1.165, 1.54) is 7.05 Å². The van der Waals surface area contributed by atoms with Gasteiger partial charge in [-0.05, 0) is 30.3 Å². The molecule has 0 bridgehead atoms. The zero-order chi connectivity index (χ0) is 19.9. The Morgan fingerprint density at radius 3 is 2.68 bits per heavy atom. The summed E-state index contributed by atoms with van der Waals surface area (Å²) >= 11 is 0. The average molecular weight is 380 g/mol. The predicted molar refractivity (Wildman–Crippen MR) is 105 cm³/mol. The molecule has 3 amide bonds. The van der Waals surface area contributed by atoms with Crippen LogP contribution in [0.25, 0.3) is 11.3 Å². The predicted octanol–water partition coefficient (Wildman–Crippen LogP) is 1.10. The number of benzene rings is 1. The van der Waals surface area contributed by atoms with Crippen LogP contribution in [0.3, 0.4) is 0 Å². The summed E-state index contributed by atoms with van der Waals surface area (Å²) in [6, 6.07) is 8.05. The maximum atomic E-state index is 12.2. The summed E-state index contributed by atoms with van der Waals surface area (Å²) in [5, 5.41) is 16.0. The molecule has 3 rings (SSSR count). The van der Waals surface area contributed by atoms with Crippen molar-refractivity contribution >= 4 is 23.3 Å². The highest BCUT2D eigenvalue weighted by atomic mass is 16.2. The molecule has 10 nitrogen and oxygen atoms in total. The molecule has 10 heteroatoms. The summed E-state index contributed by atoms with van der Waals surface area (Å²) in [7, 11) is 1.53. The fraction of sp³-hybridized carbons (Fsp3) is 0.167. The fourth-order valence-corrected chi connectivity index (χ4v) is 2.42. The van der Waals surface area contributed by atoms with E-state index in [-0.39, 0.29) is 11.9 Å². The van der Waals surface area contributed by atoms with Crippen LogP contribution in [0, 0.1) is 0 Å². The number of carbonyl (C=O) groups excluding carboxylic acids is 2. The zero-order valence-corrected chi connectivity index (χ0v) is 15.2. The van der Waals surface area contributed by atoms with Crippen LogP contribution >= 0.6 is 0 Å². The van der Waals surface area contributed by atoms with Crippen LogP contribution in [-0.2, 0) is 6.54 Å². The second-order valence-corrected chi connectivity index (χ2v) is 5.91. The normalized spacial score (nSPS) is 10.3. The van der Waals surface area contributed by atoms with Crippen molar-refractivity contribution in [3.8, 4) is 11.3 Å². The summed E-state index contributed by atoms with van der Waals surface area (Å²) in [4.78, 5) is 27.5. The lowest BCUT2D eigenvalue weighted by molar-refractivity contribution is 0.0952. The lowest BCUT2D eigenvalue weighted by Gasteiger charge is -2.07. The Morgan fingerprint density at radius 1 is 1.18 bits per heavy atom. The third kappa shape index (κ3) is 4.81. The molecule has 1 aromatic carbocycles. The molecule has 0 unspecified atom stereocenters. The summed E-state index contributed by atoms with van der Waals surface area (Å²) < 4.78 is 1.63. The standard InChI is InChI=1S/C18H20N8O2/c1-20-18(28)23-15-4-2-12(3-5-15)17(27)22-6-7-26-11-16(24-25-26)13-8-14(19)10-21-9-13/h2-5,8-11H,6-7,19H2,1H3,(H,22,27)(H2,20,23,28). The second-order valence-electron chi connectivity index (χ2n) is 5.91. The molecule has 0 aliphatic carbocycles. The van der Waals surface area contributed by atoms with Crippen molar-refractivity contribution in [1.82, 2.24) is 30.6 Å². The first-order valence-electron chi connectivity index (χ1n) is 8.53. The van der Waals surface area contributed by atoms with E-state index in [4.69, 9.17) is 5.73 Å². The molecule has 144 valence electrons. The summed E-state index contributed by atoms with van der Waals surface area (Å²) in [5.74, 6) is -0.216. The molecule has 0 atom stereocenters. The van der Waals surface area contributed by atoms with Gasteiger partial charge in [0.15, 0.2) is 0 Å². The van der Waals surface area contributed by atoms with Gasteiger partial charge in [-0.25, -0.2) is 4.79 Å². The molecular weight excluding hydrogens is 360 g/mol. The number of rotatable bonds is 6. The number of nitrogens with two attached hydrogens (primary N) is 1. The molecule has 3 aromatic rings. The van der Waals surface area contributed by atoms with Gasteiger partial charge in [0.05, 0.1) is 18.4 Å². The highest BCUT2D eigenvalue weighted by Gasteiger charge is 2.08. The van der Waals surface area contributed by atoms with Gasteiger partial charge in [0, 0.05) is 42.8 Å². The SMILES string of the molecule is CNC(=O)Nc1ccc(C(=O)NCCn2cc(-c3cncc(N)c3)nn2)cc1. The Kier molecular flexibility index (Phi) is 5.80. The van der Waals surface area contributed by atoms with Gasteiger partial charge in [-0.1, -0.05) is 5.21 Å². The van der Waals surface area contributed by atoms with E-state index in [0.717, 1.165) is 5.56 Å². The second kappa shape index (κ2) is 8.62. The molecule has 28 heavy (non-hydrogen) atoms. The average Bonchev–Trinajstić information content (AvgIpc) is 3.17. The van der Waals surface area contributed by atoms with Gasteiger partial charge in [-0.3, -0.25) is 14.5 Å². The van der Waals surface area contributed by atoms with Crippen molar-refractivity contribution in [2.45, 2.75) is 6.54 Å². The van der Waals surface area contributed by atoms with Crippen molar-refractivity contribution in [2.24, 2.45) is 0 Å². The van der Waals surface area contributed by atoms with Crippen LogP contribution in [0.4, 0.5) is 16.2 Å². The minimum Gasteiger partial charge on any atom is -0.397 e. The van der Waals surface area contributed by atoms with E-state index in [9.17, 15) is 9.59 Å². The quantitative estimate of drug-likeness (QED) is 0.505. The van der Waals surface area contributed by atoms with E-state index in [2.05, 4.69) is 31.2 Å². The van der Waals surface area contributed by atoms with Crippen molar-refractivity contribution in [3.63, 3.8) is 0 Å². The van der Waals surface area contributed by atoms with Crippen molar-refractivity contribution in [3.05, 3.63) is 54.5 Å². The fourth-order valence-electron chi connectivity index (χ4n) is 2.42. The number of nitrogens with one attached hydrogen (secondary N) is 3. The van der Waals surface area contributed by atoms with E-state index in [0.29, 0.717) is 35.7 Å². The van der Waals surface area contributed by atoms with Gasteiger partial charge >= 0.3 is 6.03 Å². The zero-order valence-electron chi connectivity index (χ0n) is 15.2. The van der Waals surface area contributed by atoms with Crippen LogP contribution in [0.15, 0.2) is 48.9 Å². The minimum absolute atomic E-state index is 0.216. The molecule has 0 fully saturated rings. The van der Waals surface area contributed by atoms with Gasteiger partial charge in [0.25, 0.3) is 5.91 Å². The first-order valence-corrected chi connectivity index (χ1v) is 8.53. The van der Waals surface area contributed by atoms with Crippen molar-refractivity contribution in [1.29, 1.82) is 0 Å². The maximum Gasteiger partial charge on any atom is 0.318 e. The first-order chi connectivity index (χ1) is 13.5. The monoisotopic (exact) mass is 380 g/mol. The number of urea groups is 1. The van der Waals surface area contributed by atoms with E-state index in [1.807, 2.05) is 0 Å². The van der Waals surface area contributed by atoms with Gasteiger partial charge < -0.3 is 21.7 Å². The molecule has 0 radical (unpaired) electrons. The molecule has 0 saturated carbocycles. The smallest absolute Gasteiger partial charge is 0.318 e. The number of aromatic nitrogens is 4.